The largest absolute Gasteiger partial charge is 0.454 e. The van der Waals surface area contributed by atoms with Crippen LogP contribution in [0.5, 0.6) is 11.5 Å². The fourth-order valence-corrected chi connectivity index (χ4v) is 2.55. The highest BCUT2D eigenvalue weighted by Gasteiger charge is 2.25. The van der Waals surface area contributed by atoms with Gasteiger partial charge >= 0.3 is 0 Å². The van der Waals surface area contributed by atoms with Gasteiger partial charge in [-0.15, -0.1) is 0 Å². The van der Waals surface area contributed by atoms with E-state index >= 15 is 0 Å². The second-order valence-corrected chi connectivity index (χ2v) is 5.15. The number of aromatic nitrogens is 1. The number of pyridine rings is 1. The van der Waals surface area contributed by atoms with E-state index in [0.717, 1.165) is 0 Å². The number of benzene rings is 1. The van der Waals surface area contributed by atoms with E-state index in [1.165, 1.54) is 19.1 Å². The molecule has 9 heteroatoms. The van der Waals surface area contributed by atoms with Crippen LogP contribution < -0.4 is 26.1 Å². The number of fused-ring (bicyclic) bond motifs is 1. The monoisotopic (exact) mass is 337 g/mol. The minimum Gasteiger partial charge on any atom is -0.454 e. The molecule has 0 radical (unpaired) electrons. The summed E-state index contributed by atoms with van der Waals surface area (Å²) in [7, 11) is 0. The number of nitrogens with one attached hydrogen (secondary N) is 2. The molecular weight excluding hydrogens is 326 g/mol. The summed E-state index contributed by atoms with van der Waals surface area (Å²) in [6.45, 7) is 1.29. The number of carbonyl (C=O) groups excluding carboxylic acids is 1. The summed E-state index contributed by atoms with van der Waals surface area (Å²) in [5.74, 6) is 0.195. The first kappa shape index (κ1) is 15.9. The molecule has 124 valence electrons. The Balaban J connectivity index is 2.41. The first-order chi connectivity index (χ1) is 12.0. The molecule has 0 unspecified atom stereocenters. The lowest BCUT2D eigenvalue weighted by molar-refractivity contribution is -0.114. The molecule has 0 spiro atoms. The summed E-state index contributed by atoms with van der Waals surface area (Å²) in [4.78, 5) is 25.9. The molecule has 1 aliphatic heterocycles. The van der Waals surface area contributed by atoms with E-state index in [9.17, 15) is 20.1 Å². The number of amides is 1. The van der Waals surface area contributed by atoms with E-state index in [1.807, 2.05) is 6.07 Å². The lowest BCUT2D eigenvalue weighted by Crippen LogP contribution is -2.17. The van der Waals surface area contributed by atoms with Crippen molar-refractivity contribution >= 4 is 17.4 Å². The van der Waals surface area contributed by atoms with E-state index in [0.29, 0.717) is 11.5 Å². The zero-order valence-electron chi connectivity index (χ0n) is 13.0. The van der Waals surface area contributed by atoms with E-state index in [-0.39, 0.29) is 46.5 Å². The van der Waals surface area contributed by atoms with Gasteiger partial charge in [0, 0.05) is 24.1 Å². The van der Waals surface area contributed by atoms with Gasteiger partial charge in [0.1, 0.15) is 29.1 Å². The number of H-pyrrole nitrogens is 1. The highest BCUT2D eigenvalue weighted by molar-refractivity contribution is 5.97. The normalized spacial score (nSPS) is 11.5. The van der Waals surface area contributed by atoms with Crippen LogP contribution in [0.4, 0.5) is 11.5 Å². The van der Waals surface area contributed by atoms with Crippen LogP contribution in [-0.4, -0.2) is 17.7 Å². The number of hydrogen-bond acceptors (Lipinski definition) is 7. The third-order valence-corrected chi connectivity index (χ3v) is 3.56. The van der Waals surface area contributed by atoms with Crippen molar-refractivity contribution in [3.63, 3.8) is 0 Å². The smallest absolute Gasteiger partial charge is 0.268 e. The number of nitriles is 2. The van der Waals surface area contributed by atoms with E-state index in [2.05, 4.69) is 10.3 Å². The van der Waals surface area contributed by atoms with Crippen LogP contribution in [0.25, 0.3) is 11.1 Å². The SMILES string of the molecule is CC(=O)Nc1cc2c(cc1-c1c(C#N)c(N)[nH]c(=O)c1C#N)OCO2. The molecule has 1 aromatic carbocycles. The van der Waals surface area contributed by atoms with Crippen molar-refractivity contribution in [3.8, 4) is 34.8 Å². The van der Waals surface area contributed by atoms with Crippen LogP contribution in [0.1, 0.15) is 18.1 Å². The van der Waals surface area contributed by atoms with Gasteiger partial charge in [0.05, 0.1) is 5.69 Å². The van der Waals surface area contributed by atoms with Gasteiger partial charge in [0.2, 0.25) is 12.7 Å². The van der Waals surface area contributed by atoms with Crippen molar-refractivity contribution in [1.82, 2.24) is 4.98 Å². The van der Waals surface area contributed by atoms with Crippen LogP contribution in [0.2, 0.25) is 0 Å². The maximum absolute atomic E-state index is 12.1. The maximum atomic E-state index is 12.1. The second kappa shape index (κ2) is 5.91. The summed E-state index contributed by atoms with van der Waals surface area (Å²) in [5, 5.41) is 21.4. The molecule has 25 heavy (non-hydrogen) atoms. The van der Waals surface area contributed by atoms with E-state index in [4.69, 9.17) is 15.2 Å². The Bertz CT molecular complexity index is 1040. The molecule has 0 atom stereocenters. The van der Waals surface area contributed by atoms with Crippen molar-refractivity contribution < 1.29 is 14.3 Å². The zero-order valence-corrected chi connectivity index (χ0v) is 13.0. The van der Waals surface area contributed by atoms with Gasteiger partial charge in [-0.2, -0.15) is 10.5 Å². The summed E-state index contributed by atoms with van der Waals surface area (Å²) in [6.07, 6.45) is 0. The predicted octanol–water partition coefficient (Wildman–Crippen LogP) is 1.05. The number of nitrogens with zero attached hydrogens (tertiary/aromatic N) is 2. The molecule has 1 amide bonds. The molecule has 2 heterocycles. The first-order valence-corrected chi connectivity index (χ1v) is 7.03. The van der Waals surface area contributed by atoms with E-state index in [1.54, 1.807) is 6.07 Å². The summed E-state index contributed by atoms with van der Waals surface area (Å²) >= 11 is 0. The van der Waals surface area contributed by atoms with Gasteiger partial charge < -0.3 is 25.5 Å². The third kappa shape index (κ3) is 2.60. The molecule has 0 bridgehead atoms. The highest BCUT2D eigenvalue weighted by atomic mass is 16.7. The van der Waals surface area contributed by atoms with Gasteiger partial charge in [-0.05, 0) is 6.07 Å². The number of nitrogen functional groups attached to an aromatic ring is 1. The second-order valence-electron chi connectivity index (χ2n) is 5.15. The Kier molecular flexibility index (Phi) is 3.76. The first-order valence-electron chi connectivity index (χ1n) is 7.03. The number of nitrogens with two attached hydrogens (primary N) is 1. The number of hydrogen-bond donors (Lipinski definition) is 3. The van der Waals surface area contributed by atoms with Gasteiger partial charge in [0.25, 0.3) is 5.56 Å². The number of carbonyl (C=O) groups is 1. The molecule has 0 saturated carbocycles. The molecule has 3 rings (SSSR count). The molecule has 0 aliphatic carbocycles. The Hall–Kier alpha value is -3.98. The lowest BCUT2D eigenvalue weighted by Gasteiger charge is -2.14. The number of ether oxygens (including phenoxy) is 2. The van der Waals surface area contributed by atoms with Crippen molar-refractivity contribution in [2.24, 2.45) is 0 Å². The molecule has 2 aromatic rings. The standard InChI is InChI=1S/C16H11N5O4/c1-7(22)20-11-3-13-12(24-6-25-13)2-8(11)14-9(4-17)15(19)21-16(23)10(14)5-18/h2-3H,6H2,1H3,(H,20,22)(H3,19,21,23). The maximum Gasteiger partial charge on any atom is 0.268 e. The van der Waals surface area contributed by atoms with E-state index < -0.39 is 5.56 Å². The molecule has 1 aliphatic rings. The Morgan fingerprint density at radius 1 is 1.24 bits per heavy atom. The van der Waals surface area contributed by atoms with Gasteiger partial charge in [0.15, 0.2) is 11.5 Å². The van der Waals surface area contributed by atoms with Crippen molar-refractivity contribution in [2.45, 2.75) is 6.92 Å². The van der Waals surface area contributed by atoms with Gasteiger partial charge in [-0.3, -0.25) is 9.59 Å². The van der Waals surface area contributed by atoms with Crippen LogP contribution >= 0.6 is 0 Å². The number of aromatic amines is 1. The van der Waals surface area contributed by atoms with Crippen LogP contribution in [0.3, 0.4) is 0 Å². The zero-order chi connectivity index (χ0) is 18.1. The third-order valence-electron chi connectivity index (χ3n) is 3.56. The quantitative estimate of drug-likeness (QED) is 0.740. The number of rotatable bonds is 2. The highest BCUT2D eigenvalue weighted by Crippen LogP contribution is 2.43. The lowest BCUT2D eigenvalue weighted by atomic mass is 9.94. The van der Waals surface area contributed by atoms with Crippen LogP contribution in [0.15, 0.2) is 16.9 Å². The minimum absolute atomic E-state index is 0.00791. The van der Waals surface area contributed by atoms with Gasteiger partial charge in [-0.1, -0.05) is 0 Å². The van der Waals surface area contributed by atoms with Crippen molar-refractivity contribution in [2.75, 3.05) is 17.8 Å². The number of anilines is 2. The minimum atomic E-state index is -0.736. The Labute approximate surface area is 141 Å². The summed E-state index contributed by atoms with van der Waals surface area (Å²) in [5.41, 5.74) is 5.15. The van der Waals surface area contributed by atoms with Crippen molar-refractivity contribution in [3.05, 3.63) is 33.6 Å². The molecule has 4 N–H and O–H groups in total. The van der Waals surface area contributed by atoms with Crippen molar-refractivity contribution in [1.29, 1.82) is 10.5 Å². The molecule has 9 nitrogen and oxygen atoms in total. The molecular formula is C16H11N5O4. The molecule has 0 fully saturated rings. The fourth-order valence-electron chi connectivity index (χ4n) is 2.55. The van der Waals surface area contributed by atoms with Crippen LogP contribution in [-0.2, 0) is 4.79 Å². The van der Waals surface area contributed by atoms with Gasteiger partial charge in [-0.25, -0.2) is 0 Å². The van der Waals surface area contributed by atoms with Crippen LogP contribution in [0, 0.1) is 22.7 Å². The summed E-state index contributed by atoms with van der Waals surface area (Å²) in [6, 6.07) is 6.65. The average molecular weight is 337 g/mol. The summed E-state index contributed by atoms with van der Waals surface area (Å²) < 4.78 is 10.6. The predicted molar refractivity (Wildman–Crippen MR) is 86.8 cm³/mol. The topological polar surface area (TPSA) is 154 Å². The average Bonchev–Trinajstić information content (AvgIpc) is 3.00. The fraction of sp³-hybridized carbons (Fsp3) is 0.125. The Morgan fingerprint density at radius 2 is 1.88 bits per heavy atom. The molecule has 0 saturated heterocycles. The Morgan fingerprint density at radius 3 is 2.48 bits per heavy atom. The molecule has 1 aromatic heterocycles.